The van der Waals surface area contributed by atoms with Gasteiger partial charge in [0, 0.05) is 28.5 Å². The molecule has 0 spiro atoms. The van der Waals surface area contributed by atoms with E-state index in [-0.39, 0.29) is 0 Å². The predicted molar refractivity (Wildman–Crippen MR) is 141 cm³/mol. The number of furan rings is 1. The molecule has 3 nitrogen and oxygen atoms in total. The molecule has 6 aromatic rings. The summed E-state index contributed by atoms with van der Waals surface area (Å²) in [5.41, 5.74) is 9.73. The van der Waals surface area contributed by atoms with Crippen LogP contribution in [0.5, 0.6) is 0 Å². The van der Waals surface area contributed by atoms with E-state index < -0.39 is 0 Å². The van der Waals surface area contributed by atoms with E-state index in [1.54, 1.807) is 0 Å². The Morgan fingerprint density at radius 2 is 1.43 bits per heavy atom. The van der Waals surface area contributed by atoms with Gasteiger partial charge in [0.15, 0.2) is 6.20 Å². The van der Waals surface area contributed by atoms with Gasteiger partial charge >= 0.3 is 0 Å². The quantitative estimate of drug-likeness (QED) is 0.260. The summed E-state index contributed by atoms with van der Waals surface area (Å²) in [7, 11) is 2.06. The molecule has 166 valence electrons. The van der Waals surface area contributed by atoms with Crippen LogP contribution < -0.4 is 4.57 Å². The number of rotatable bonds is 3. The lowest BCUT2D eigenvalue weighted by Crippen LogP contribution is -2.30. The highest BCUT2D eigenvalue weighted by Gasteiger charge is 2.23. The summed E-state index contributed by atoms with van der Waals surface area (Å²) in [4.78, 5) is 0. The second-order valence-electron chi connectivity index (χ2n) is 8.85. The molecule has 0 aliphatic heterocycles. The Kier molecular flexibility index (Phi) is 4.94. The molecule has 0 aliphatic rings. The molecular formula is C32H23N2O+. The van der Waals surface area contributed by atoms with Crippen LogP contribution in [-0.4, -0.2) is 0 Å². The van der Waals surface area contributed by atoms with Crippen molar-refractivity contribution in [2.75, 3.05) is 0 Å². The highest BCUT2D eigenvalue weighted by molar-refractivity contribution is 6.16. The van der Waals surface area contributed by atoms with Gasteiger partial charge in [-0.1, -0.05) is 60.7 Å². The normalized spacial score (nSPS) is 11.1. The molecule has 0 radical (unpaired) electrons. The molecule has 0 saturated heterocycles. The Morgan fingerprint density at radius 1 is 0.714 bits per heavy atom. The molecule has 0 unspecified atom stereocenters. The third-order valence-electron chi connectivity index (χ3n) is 6.73. The first-order valence-corrected chi connectivity index (χ1v) is 11.7. The van der Waals surface area contributed by atoms with Crippen LogP contribution in [0.1, 0.15) is 11.1 Å². The molecule has 3 heteroatoms. The molecule has 0 fully saturated rings. The summed E-state index contributed by atoms with van der Waals surface area (Å²) >= 11 is 0. The van der Waals surface area contributed by atoms with Gasteiger partial charge in [0.2, 0.25) is 5.69 Å². The number of benzene rings is 4. The number of fused-ring (bicyclic) bond motifs is 3. The minimum atomic E-state index is 0.604. The molecule has 2 aromatic heterocycles. The van der Waals surface area contributed by atoms with E-state index >= 15 is 0 Å². The Labute approximate surface area is 204 Å². The maximum atomic E-state index is 9.96. The standard InChI is InChI=1S/C32H23N2O/c1-21-11-18-28-31(29(21)27-10-6-7-19-34(27)2)26-17-16-25(20-33)30(32(26)35-28)24-14-12-23(13-15-24)22-8-4-3-5-9-22/h3-19H,1-2H3/q+1. The lowest BCUT2D eigenvalue weighted by atomic mass is 9.93. The largest absolute Gasteiger partial charge is 0.455 e. The van der Waals surface area contributed by atoms with E-state index in [9.17, 15) is 5.26 Å². The number of nitrogens with zero attached hydrogens (tertiary/aromatic N) is 2. The van der Waals surface area contributed by atoms with Crippen molar-refractivity contribution in [1.29, 1.82) is 5.26 Å². The van der Waals surface area contributed by atoms with E-state index in [0.29, 0.717) is 5.56 Å². The Balaban J connectivity index is 1.62. The molecular weight excluding hydrogens is 428 g/mol. The maximum Gasteiger partial charge on any atom is 0.213 e. The van der Waals surface area contributed by atoms with E-state index in [0.717, 1.165) is 55.4 Å². The van der Waals surface area contributed by atoms with Gasteiger partial charge in [0.25, 0.3) is 0 Å². The molecule has 0 atom stereocenters. The van der Waals surface area contributed by atoms with E-state index in [2.05, 4.69) is 85.4 Å². The van der Waals surface area contributed by atoms with Crippen molar-refractivity contribution in [2.45, 2.75) is 6.92 Å². The fraction of sp³-hybridized carbons (Fsp3) is 0.0625. The number of aromatic nitrogens is 1. The third-order valence-corrected chi connectivity index (χ3v) is 6.73. The van der Waals surface area contributed by atoms with Crippen LogP contribution in [0.25, 0.3) is 55.4 Å². The average Bonchev–Trinajstić information content (AvgIpc) is 3.28. The zero-order valence-electron chi connectivity index (χ0n) is 19.6. The van der Waals surface area contributed by atoms with E-state index in [4.69, 9.17) is 4.42 Å². The van der Waals surface area contributed by atoms with Gasteiger partial charge in [-0.05, 0) is 53.4 Å². The van der Waals surface area contributed by atoms with Gasteiger partial charge in [-0.15, -0.1) is 0 Å². The van der Waals surface area contributed by atoms with Gasteiger partial charge in [-0.3, -0.25) is 0 Å². The van der Waals surface area contributed by atoms with Crippen LogP contribution in [0, 0.1) is 18.3 Å². The molecule has 0 amide bonds. The molecule has 0 aliphatic carbocycles. The molecule has 0 saturated carbocycles. The molecule has 4 aromatic carbocycles. The van der Waals surface area contributed by atoms with Crippen molar-refractivity contribution >= 4 is 21.9 Å². The molecule has 6 rings (SSSR count). The van der Waals surface area contributed by atoms with Crippen molar-refractivity contribution in [2.24, 2.45) is 7.05 Å². The van der Waals surface area contributed by atoms with Crippen molar-refractivity contribution in [3.8, 4) is 39.6 Å². The van der Waals surface area contributed by atoms with Gasteiger partial charge in [-0.25, -0.2) is 4.57 Å². The van der Waals surface area contributed by atoms with Crippen LogP contribution >= 0.6 is 0 Å². The van der Waals surface area contributed by atoms with Crippen molar-refractivity contribution in [3.63, 3.8) is 0 Å². The predicted octanol–water partition coefficient (Wildman–Crippen LogP) is 7.59. The van der Waals surface area contributed by atoms with Crippen LogP contribution in [0.15, 0.2) is 108 Å². The Morgan fingerprint density at radius 3 is 2.17 bits per heavy atom. The van der Waals surface area contributed by atoms with Crippen LogP contribution in [0.2, 0.25) is 0 Å². The zero-order chi connectivity index (χ0) is 23.9. The van der Waals surface area contributed by atoms with Crippen LogP contribution in [-0.2, 0) is 7.05 Å². The summed E-state index contributed by atoms with van der Waals surface area (Å²) < 4.78 is 8.62. The number of hydrogen-bond donors (Lipinski definition) is 0. The fourth-order valence-corrected chi connectivity index (χ4v) is 4.99. The Hall–Kier alpha value is -4.68. The minimum absolute atomic E-state index is 0.604. The van der Waals surface area contributed by atoms with E-state index in [1.165, 1.54) is 5.56 Å². The summed E-state index contributed by atoms with van der Waals surface area (Å²) in [6, 6.07) is 35.3. The summed E-state index contributed by atoms with van der Waals surface area (Å²) in [6.45, 7) is 2.13. The van der Waals surface area contributed by atoms with E-state index in [1.807, 2.05) is 42.5 Å². The van der Waals surface area contributed by atoms with Gasteiger partial charge in [0.1, 0.15) is 18.2 Å². The average molecular weight is 452 g/mol. The summed E-state index contributed by atoms with van der Waals surface area (Å²) in [6.07, 6.45) is 2.06. The maximum absolute atomic E-state index is 9.96. The first-order valence-electron chi connectivity index (χ1n) is 11.7. The van der Waals surface area contributed by atoms with Gasteiger partial charge in [0.05, 0.1) is 17.2 Å². The molecule has 0 N–H and O–H groups in total. The van der Waals surface area contributed by atoms with Crippen molar-refractivity contribution < 1.29 is 8.98 Å². The second-order valence-corrected chi connectivity index (χ2v) is 8.85. The van der Waals surface area contributed by atoms with Gasteiger partial charge in [-0.2, -0.15) is 5.26 Å². The SMILES string of the molecule is Cc1ccc2oc3c(-c4ccc(-c5ccccc5)cc4)c(C#N)ccc3c2c1-c1cccc[n+]1C. The van der Waals surface area contributed by atoms with Crippen molar-refractivity contribution in [1.82, 2.24) is 0 Å². The number of aryl methyl sites for hydroxylation is 2. The second kappa shape index (κ2) is 8.27. The minimum Gasteiger partial charge on any atom is -0.455 e. The zero-order valence-corrected chi connectivity index (χ0v) is 19.6. The smallest absolute Gasteiger partial charge is 0.213 e. The lowest BCUT2D eigenvalue weighted by Gasteiger charge is -2.08. The third kappa shape index (κ3) is 3.39. The highest BCUT2D eigenvalue weighted by Crippen LogP contribution is 2.42. The molecule has 0 bridgehead atoms. The fourth-order valence-electron chi connectivity index (χ4n) is 4.99. The van der Waals surface area contributed by atoms with Gasteiger partial charge < -0.3 is 4.42 Å². The van der Waals surface area contributed by atoms with Crippen molar-refractivity contribution in [3.05, 3.63) is 114 Å². The lowest BCUT2D eigenvalue weighted by molar-refractivity contribution is -0.660. The summed E-state index contributed by atoms with van der Waals surface area (Å²) in [5, 5.41) is 12.1. The molecule has 35 heavy (non-hydrogen) atoms. The number of hydrogen-bond acceptors (Lipinski definition) is 2. The number of nitriles is 1. The molecule has 2 heterocycles. The van der Waals surface area contributed by atoms with Crippen LogP contribution in [0.3, 0.4) is 0 Å². The monoisotopic (exact) mass is 451 g/mol. The first kappa shape index (κ1) is 20.9. The number of pyridine rings is 1. The summed E-state index contributed by atoms with van der Waals surface area (Å²) in [5.74, 6) is 0. The highest BCUT2D eigenvalue weighted by atomic mass is 16.3. The first-order chi connectivity index (χ1) is 17.2. The Bertz CT molecular complexity index is 1750. The van der Waals surface area contributed by atoms with Crippen LogP contribution in [0.4, 0.5) is 0 Å². The topological polar surface area (TPSA) is 40.8 Å².